The Bertz CT molecular complexity index is 857. The van der Waals surface area contributed by atoms with Gasteiger partial charge in [-0.15, -0.1) is 0 Å². The standard InChI is InChI=1S/C18H27N5.C7H7Cl/c1-14(11-17(12-19)22-20)23-10-6-9-18(23)15(2)21-13-16-7-4-3-5-8-16;1-6-4-2-3-5-7(6)8/h3-5,7-8,12,18,21-22H,1-2,6,9-11,13,19-20H2;2-5H,1H3/b17-12-;. The molecule has 0 amide bonds. The molecule has 1 aliphatic heterocycles. The number of rotatable bonds is 8. The number of nitrogens with zero attached hydrogens (tertiary/aromatic N) is 1. The molecule has 31 heavy (non-hydrogen) atoms. The molecule has 3 rings (SSSR count). The first-order valence-electron chi connectivity index (χ1n) is 10.5. The van der Waals surface area contributed by atoms with Crippen LogP contribution in [0.1, 0.15) is 30.4 Å². The average molecular weight is 440 g/mol. The second-order valence-electron chi connectivity index (χ2n) is 7.54. The molecule has 0 bridgehead atoms. The molecule has 1 heterocycles. The van der Waals surface area contributed by atoms with Gasteiger partial charge in [-0.25, -0.2) is 0 Å². The van der Waals surface area contributed by atoms with E-state index in [1.54, 1.807) is 0 Å². The Morgan fingerprint density at radius 2 is 1.84 bits per heavy atom. The van der Waals surface area contributed by atoms with Gasteiger partial charge >= 0.3 is 0 Å². The molecule has 1 unspecified atom stereocenters. The molecule has 0 saturated carbocycles. The van der Waals surface area contributed by atoms with Gasteiger partial charge in [-0.3, -0.25) is 5.84 Å². The SMILES string of the molecule is C=C(NCc1ccccc1)C1CCCN1C(=C)C/C(=C/N)NN.Cc1ccccc1Cl. The first-order valence-corrected chi connectivity index (χ1v) is 10.8. The molecule has 1 aliphatic rings. The Kier molecular flexibility index (Phi) is 10.0. The van der Waals surface area contributed by atoms with Crippen LogP contribution in [-0.2, 0) is 6.54 Å². The van der Waals surface area contributed by atoms with Crippen molar-refractivity contribution in [3.63, 3.8) is 0 Å². The Balaban J connectivity index is 0.000000357. The highest BCUT2D eigenvalue weighted by molar-refractivity contribution is 6.31. The van der Waals surface area contributed by atoms with Crippen LogP contribution in [0.5, 0.6) is 0 Å². The molecule has 1 saturated heterocycles. The lowest BCUT2D eigenvalue weighted by Gasteiger charge is -2.31. The minimum absolute atomic E-state index is 0.267. The molecule has 6 heteroatoms. The second kappa shape index (κ2) is 12.7. The normalized spacial score (nSPS) is 15.6. The van der Waals surface area contributed by atoms with E-state index in [0.29, 0.717) is 6.42 Å². The molecule has 6 N–H and O–H groups in total. The van der Waals surface area contributed by atoms with E-state index in [-0.39, 0.29) is 6.04 Å². The van der Waals surface area contributed by atoms with Crippen LogP contribution in [0.2, 0.25) is 5.02 Å². The van der Waals surface area contributed by atoms with Gasteiger partial charge in [0, 0.05) is 47.8 Å². The fourth-order valence-corrected chi connectivity index (χ4v) is 3.60. The number of aryl methyl sites for hydroxylation is 1. The summed E-state index contributed by atoms with van der Waals surface area (Å²) in [7, 11) is 0. The fourth-order valence-electron chi connectivity index (χ4n) is 3.47. The molecule has 0 spiro atoms. The minimum Gasteiger partial charge on any atom is -0.403 e. The number of hydrazine groups is 1. The third-order valence-electron chi connectivity index (χ3n) is 5.28. The van der Waals surface area contributed by atoms with E-state index in [9.17, 15) is 0 Å². The van der Waals surface area contributed by atoms with Crippen LogP contribution < -0.4 is 22.3 Å². The van der Waals surface area contributed by atoms with Gasteiger partial charge < -0.3 is 21.4 Å². The topological polar surface area (TPSA) is 79.3 Å². The molecule has 2 aromatic carbocycles. The van der Waals surface area contributed by atoms with Crippen LogP contribution >= 0.6 is 11.6 Å². The summed E-state index contributed by atoms with van der Waals surface area (Å²) in [6.07, 6.45) is 4.32. The van der Waals surface area contributed by atoms with Crippen LogP contribution in [0.25, 0.3) is 0 Å². The van der Waals surface area contributed by atoms with Crippen molar-refractivity contribution in [2.75, 3.05) is 6.54 Å². The van der Waals surface area contributed by atoms with E-state index in [2.05, 4.69) is 40.9 Å². The van der Waals surface area contributed by atoms with Crippen molar-refractivity contribution < 1.29 is 0 Å². The van der Waals surface area contributed by atoms with E-state index in [4.69, 9.17) is 23.2 Å². The lowest BCUT2D eigenvalue weighted by atomic mass is 10.1. The molecule has 166 valence electrons. The summed E-state index contributed by atoms with van der Waals surface area (Å²) in [5, 5.41) is 4.29. The summed E-state index contributed by atoms with van der Waals surface area (Å²) in [5.41, 5.74) is 13.3. The number of hydrogen-bond acceptors (Lipinski definition) is 5. The predicted molar refractivity (Wildman–Crippen MR) is 132 cm³/mol. The summed E-state index contributed by atoms with van der Waals surface area (Å²) in [5.74, 6) is 5.45. The molecule has 0 aromatic heterocycles. The second-order valence-corrected chi connectivity index (χ2v) is 7.95. The highest BCUT2D eigenvalue weighted by Crippen LogP contribution is 2.27. The van der Waals surface area contributed by atoms with Gasteiger partial charge in [0.15, 0.2) is 0 Å². The maximum absolute atomic E-state index is 5.71. The molecule has 2 aromatic rings. The lowest BCUT2D eigenvalue weighted by Crippen LogP contribution is -2.35. The highest BCUT2D eigenvalue weighted by atomic mass is 35.5. The van der Waals surface area contributed by atoms with Crippen molar-refractivity contribution in [2.24, 2.45) is 11.6 Å². The van der Waals surface area contributed by atoms with Crippen molar-refractivity contribution >= 4 is 11.6 Å². The lowest BCUT2D eigenvalue weighted by molar-refractivity contribution is 0.336. The van der Waals surface area contributed by atoms with Crippen LogP contribution in [-0.4, -0.2) is 17.5 Å². The van der Waals surface area contributed by atoms with Crippen molar-refractivity contribution in [1.29, 1.82) is 0 Å². The minimum atomic E-state index is 0.267. The highest BCUT2D eigenvalue weighted by Gasteiger charge is 2.27. The maximum atomic E-state index is 5.71. The largest absolute Gasteiger partial charge is 0.403 e. The van der Waals surface area contributed by atoms with E-state index < -0.39 is 0 Å². The maximum Gasteiger partial charge on any atom is 0.0680 e. The number of nitrogens with one attached hydrogen (secondary N) is 2. The Hall–Kier alpha value is -2.89. The first-order chi connectivity index (χ1) is 15.0. The molecule has 0 radical (unpaired) electrons. The van der Waals surface area contributed by atoms with Gasteiger partial charge in [0.2, 0.25) is 0 Å². The van der Waals surface area contributed by atoms with Crippen molar-refractivity contribution in [2.45, 2.75) is 38.8 Å². The average Bonchev–Trinajstić information content (AvgIpc) is 3.29. The molecule has 1 fully saturated rings. The number of halogens is 1. The van der Waals surface area contributed by atoms with Gasteiger partial charge in [-0.05, 0) is 37.0 Å². The zero-order chi connectivity index (χ0) is 22.6. The molecule has 0 aliphatic carbocycles. The van der Waals surface area contributed by atoms with Crippen LogP contribution in [0.4, 0.5) is 0 Å². The molecular weight excluding hydrogens is 406 g/mol. The van der Waals surface area contributed by atoms with Crippen LogP contribution in [0.3, 0.4) is 0 Å². The monoisotopic (exact) mass is 439 g/mol. The Morgan fingerprint density at radius 3 is 2.42 bits per heavy atom. The number of nitrogens with two attached hydrogens (primary N) is 2. The van der Waals surface area contributed by atoms with Crippen LogP contribution in [0.15, 0.2) is 91.0 Å². The van der Waals surface area contributed by atoms with Crippen LogP contribution in [0, 0.1) is 6.92 Å². The molecular formula is C25H34ClN5. The van der Waals surface area contributed by atoms with Gasteiger partial charge in [-0.1, -0.05) is 73.3 Å². The quantitative estimate of drug-likeness (QED) is 0.358. The Labute approximate surface area is 191 Å². The van der Waals surface area contributed by atoms with E-state index in [1.807, 2.05) is 49.4 Å². The van der Waals surface area contributed by atoms with E-state index >= 15 is 0 Å². The van der Waals surface area contributed by atoms with Gasteiger partial charge in [0.1, 0.15) is 0 Å². The van der Waals surface area contributed by atoms with Crippen molar-refractivity contribution in [1.82, 2.24) is 15.6 Å². The summed E-state index contributed by atoms with van der Waals surface area (Å²) in [6, 6.07) is 18.4. The first kappa shape index (κ1) is 24.4. The van der Waals surface area contributed by atoms with Crippen molar-refractivity contribution in [3.8, 4) is 0 Å². The summed E-state index contributed by atoms with van der Waals surface area (Å²) < 4.78 is 0. The number of likely N-dealkylation sites (tertiary alicyclic amines) is 1. The number of hydrogen-bond donors (Lipinski definition) is 4. The Morgan fingerprint density at radius 1 is 1.16 bits per heavy atom. The predicted octanol–water partition coefficient (Wildman–Crippen LogP) is 4.57. The zero-order valence-electron chi connectivity index (χ0n) is 18.3. The van der Waals surface area contributed by atoms with E-state index in [1.165, 1.54) is 11.8 Å². The van der Waals surface area contributed by atoms with Gasteiger partial charge in [-0.2, -0.15) is 0 Å². The summed E-state index contributed by atoms with van der Waals surface area (Å²) in [4.78, 5) is 2.29. The summed E-state index contributed by atoms with van der Waals surface area (Å²) in [6.45, 7) is 12.2. The van der Waals surface area contributed by atoms with E-state index in [0.717, 1.165) is 53.6 Å². The zero-order valence-corrected chi connectivity index (χ0v) is 19.0. The van der Waals surface area contributed by atoms with Gasteiger partial charge in [0.05, 0.1) is 6.04 Å². The number of benzene rings is 2. The van der Waals surface area contributed by atoms with Crippen molar-refractivity contribution in [3.05, 3.63) is 107 Å². The molecule has 5 nitrogen and oxygen atoms in total. The smallest absolute Gasteiger partial charge is 0.0680 e. The molecule has 1 atom stereocenters. The van der Waals surface area contributed by atoms with Gasteiger partial charge in [0.25, 0.3) is 0 Å². The fraction of sp³-hybridized carbons (Fsp3) is 0.280. The summed E-state index contributed by atoms with van der Waals surface area (Å²) >= 11 is 5.71. The third kappa shape index (κ3) is 7.70. The third-order valence-corrected chi connectivity index (χ3v) is 5.71.